The summed E-state index contributed by atoms with van der Waals surface area (Å²) in [5.74, 6) is 2.34. The third-order valence-electron chi connectivity index (χ3n) is 5.74. The van der Waals surface area contributed by atoms with E-state index in [1.165, 1.54) is 5.56 Å². The van der Waals surface area contributed by atoms with E-state index < -0.39 is 0 Å². The van der Waals surface area contributed by atoms with E-state index >= 15 is 0 Å². The first-order valence-electron chi connectivity index (χ1n) is 10.9. The quantitative estimate of drug-likeness (QED) is 0.519. The first-order chi connectivity index (χ1) is 15.2. The maximum absolute atomic E-state index is 6.12. The average molecular weight is 422 g/mol. The van der Waals surface area contributed by atoms with E-state index in [9.17, 15) is 0 Å². The summed E-state index contributed by atoms with van der Waals surface area (Å²) >= 11 is 0. The molecule has 0 bridgehead atoms. The van der Waals surface area contributed by atoms with Gasteiger partial charge in [0.1, 0.15) is 5.75 Å². The van der Waals surface area contributed by atoms with Crippen LogP contribution in [0.25, 0.3) is 11.3 Å². The minimum absolute atomic E-state index is 0.356. The van der Waals surface area contributed by atoms with E-state index in [0.29, 0.717) is 12.6 Å². The van der Waals surface area contributed by atoms with Crippen LogP contribution in [0.5, 0.6) is 5.75 Å². The molecule has 1 saturated heterocycles. The molecule has 4 rings (SSSR count). The van der Waals surface area contributed by atoms with Crippen molar-refractivity contribution >= 4 is 0 Å². The van der Waals surface area contributed by atoms with Crippen LogP contribution in [0, 0.1) is 0 Å². The van der Waals surface area contributed by atoms with Gasteiger partial charge in [-0.1, -0.05) is 30.3 Å². The Hall–Kier alpha value is -2.67. The number of morpholine rings is 1. The highest BCUT2D eigenvalue weighted by molar-refractivity contribution is 5.57. The van der Waals surface area contributed by atoms with Crippen molar-refractivity contribution in [1.82, 2.24) is 14.8 Å². The molecule has 1 aliphatic heterocycles. The Bertz CT molecular complexity index is 921. The standard InChI is InChI=1S/C25H31N3O3/c1-20(17-27-12-14-30-15-13-27)28(18-21-6-4-3-5-7-21)19-25-26-16-24(31-25)22-8-10-23(29-2)11-9-22/h3-11,16,20H,12-15,17-19H2,1-2H3. The predicted octanol–water partition coefficient (Wildman–Crippen LogP) is 4.07. The van der Waals surface area contributed by atoms with Gasteiger partial charge < -0.3 is 13.9 Å². The number of methoxy groups -OCH3 is 1. The Morgan fingerprint density at radius 1 is 1.03 bits per heavy atom. The number of benzene rings is 2. The number of ether oxygens (including phenoxy) is 2. The average Bonchev–Trinajstić information content (AvgIpc) is 3.28. The lowest BCUT2D eigenvalue weighted by atomic mass is 10.1. The Morgan fingerprint density at radius 2 is 1.77 bits per heavy atom. The summed E-state index contributed by atoms with van der Waals surface area (Å²) in [4.78, 5) is 9.49. The summed E-state index contributed by atoms with van der Waals surface area (Å²) < 4.78 is 16.9. The molecular formula is C25H31N3O3. The Balaban J connectivity index is 1.47. The molecule has 3 aromatic rings. The highest BCUT2D eigenvalue weighted by Crippen LogP contribution is 2.24. The molecule has 0 spiro atoms. The lowest BCUT2D eigenvalue weighted by Crippen LogP contribution is -2.45. The molecule has 1 unspecified atom stereocenters. The number of hydrogen-bond acceptors (Lipinski definition) is 6. The zero-order valence-electron chi connectivity index (χ0n) is 18.4. The molecule has 1 atom stereocenters. The molecule has 0 saturated carbocycles. The number of nitrogens with zero attached hydrogens (tertiary/aromatic N) is 3. The largest absolute Gasteiger partial charge is 0.497 e. The molecule has 2 heterocycles. The number of rotatable bonds is 9. The van der Waals surface area contributed by atoms with Gasteiger partial charge in [0.2, 0.25) is 5.89 Å². The fraction of sp³-hybridized carbons (Fsp3) is 0.400. The summed E-state index contributed by atoms with van der Waals surface area (Å²) in [6.45, 7) is 8.41. The smallest absolute Gasteiger partial charge is 0.209 e. The van der Waals surface area contributed by atoms with Crippen LogP contribution in [-0.4, -0.2) is 60.8 Å². The van der Waals surface area contributed by atoms with Crippen LogP contribution in [-0.2, 0) is 17.8 Å². The molecule has 6 nitrogen and oxygen atoms in total. The van der Waals surface area contributed by atoms with Gasteiger partial charge in [0.25, 0.3) is 0 Å². The minimum atomic E-state index is 0.356. The van der Waals surface area contributed by atoms with Crippen LogP contribution < -0.4 is 4.74 Å². The topological polar surface area (TPSA) is 51.0 Å². The molecule has 0 amide bonds. The SMILES string of the molecule is COc1ccc(-c2cnc(CN(Cc3ccccc3)C(C)CN3CCOCC3)o2)cc1. The summed E-state index contributed by atoms with van der Waals surface area (Å²) in [7, 11) is 1.67. The van der Waals surface area contributed by atoms with Crippen LogP contribution >= 0.6 is 0 Å². The molecule has 1 aromatic heterocycles. The van der Waals surface area contributed by atoms with Crippen molar-refractivity contribution in [2.75, 3.05) is 40.0 Å². The van der Waals surface area contributed by atoms with Crippen molar-refractivity contribution < 1.29 is 13.9 Å². The summed E-state index contributed by atoms with van der Waals surface area (Å²) in [5.41, 5.74) is 2.29. The predicted molar refractivity (Wildman–Crippen MR) is 121 cm³/mol. The van der Waals surface area contributed by atoms with Crippen LogP contribution in [0.1, 0.15) is 18.4 Å². The van der Waals surface area contributed by atoms with E-state index in [4.69, 9.17) is 13.9 Å². The van der Waals surface area contributed by atoms with Crippen molar-refractivity contribution in [3.8, 4) is 17.1 Å². The molecule has 2 aromatic carbocycles. The van der Waals surface area contributed by atoms with Crippen molar-refractivity contribution in [2.24, 2.45) is 0 Å². The van der Waals surface area contributed by atoms with E-state index in [1.807, 2.05) is 30.5 Å². The van der Waals surface area contributed by atoms with Crippen molar-refractivity contribution in [1.29, 1.82) is 0 Å². The summed E-state index contributed by atoms with van der Waals surface area (Å²) in [6.07, 6.45) is 1.81. The Labute approximate surface area is 184 Å². The summed E-state index contributed by atoms with van der Waals surface area (Å²) in [5, 5.41) is 0. The minimum Gasteiger partial charge on any atom is -0.497 e. The van der Waals surface area contributed by atoms with Gasteiger partial charge in [-0.3, -0.25) is 9.80 Å². The Kier molecular flexibility index (Phi) is 7.35. The third kappa shape index (κ3) is 5.94. The molecule has 31 heavy (non-hydrogen) atoms. The molecule has 6 heteroatoms. The molecule has 1 aliphatic rings. The zero-order valence-corrected chi connectivity index (χ0v) is 18.4. The first-order valence-corrected chi connectivity index (χ1v) is 10.9. The molecule has 0 aliphatic carbocycles. The van der Waals surface area contributed by atoms with Crippen molar-refractivity contribution in [3.63, 3.8) is 0 Å². The van der Waals surface area contributed by atoms with Crippen molar-refractivity contribution in [3.05, 3.63) is 72.2 Å². The normalized spacial score (nSPS) is 15.8. The van der Waals surface area contributed by atoms with Gasteiger partial charge in [-0.15, -0.1) is 0 Å². The van der Waals surface area contributed by atoms with Gasteiger partial charge in [-0.25, -0.2) is 4.98 Å². The fourth-order valence-electron chi connectivity index (χ4n) is 3.90. The van der Waals surface area contributed by atoms with Crippen LogP contribution in [0.15, 0.2) is 65.2 Å². The monoisotopic (exact) mass is 421 g/mol. The van der Waals surface area contributed by atoms with Crippen LogP contribution in [0.3, 0.4) is 0 Å². The second-order valence-corrected chi connectivity index (χ2v) is 8.00. The second kappa shape index (κ2) is 10.6. The van der Waals surface area contributed by atoms with Crippen LogP contribution in [0.2, 0.25) is 0 Å². The van der Waals surface area contributed by atoms with Gasteiger partial charge in [0, 0.05) is 37.8 Å². The van der Waals surface area contributed by atoms with Gasteiger partial charge in [0.05, 0.1) is 33.1 Å². The number of oxazole rings is 1. The molecular weight excluding hydrogens is 390 g/mol. The molecule has 0 N–H and O–H groups in total. The fourth-order valence-corrected chi connectivity index (χ4v) is 3.90. The lowest BCUT2D eigenvalue weighted by Gasteiger charge is -2.34. The Morgan fingerprint density at radius 3 is 2.48 bits per heavy atom. The molecule has 0 radical (unpaired) electrons. The zero-order chi connectivity index (χ0) is 21.5. The number of hydrogen-bond donors (Lipinski definition) is 0. The maximum Gasteiger partial charge on any atom is 0.209 e. The van der Waals surface area contributed by atoms with E-state index in [0.717, 1.165) is 62.4 Å². The van der Waals surface area contributed by atoms with Gasteiger partial charge in [-0.05, 0) is 36.8 Å². The first kappa shape index (κ1) is 21.6. The van der Waals surface area contributed by atoms with Gasteiger partial charge in [-0.2, -0.15) is 0 Å². The second-order valence-electron chi connectivity index (χ2n) is 8.00. The maximum atomic E-state index is 6.12. The van der Waals surface area contributed by atoms with Gasteiger partial charge >= 0.3 is 0 Å². The van der Waals surface area contributed by atoms with Gasteiger partial charge in [0.15, 0.2) is 5.76 Å². The molecule has 1 fully saturated rings. The molecule has 164 valence electrons. The highest BCUT2D eigenvalue weighted by atomic mass is 16.5. The van der Waals surface area contributed by atoms with E-state index in [2.05, 4.69) is 52.0 Å². The third-order valence-corrected chi connectivity index (χ3v) is 5.74. The highest BCUT2D eigenvalue weighted by Gasteiger charge is 2.21. The van der Waals surface area contributed by atoms with Crippen LogP contribution in [0.4, 0.5) is 0 Å². The van der Waals surface area contributed by atoms with E-state index in [1.54, 1.807) is 7.11 Å². The lowest BCUT2D eigenvalue weighted by molar-refractivity contribution is 0.0216. The van der Waals surface area contributed by atoms with E-state index in [-0.39, 0.29) is 0 Å². The number of aromatic nitrogens is 1. The van der Waals surface area contributed by atoms with Crippen molar-refractivity contribution in [2.45, 2.75) is 26.1 Å². The summed E-state index contributed by atoms with van der Waals surface area (Å²) in [6, 6.07) is 18.8.